The summed E-state index contributed by atoms with van der Waals surface area (Å²) in [7, 11) is 0. The number of benzene rings is 3. The van der Waals surface area contributed by atoms with Crippen LogP contribution in [0.2, 0.25) is 5.15 Å². The number of aliphatic carboxylic acids is 1. The summed E-state index contributed by atoms with van der Waals surface area (Å²) < 4.78 is 59.2. The van der Waals surface area contributed by atoms with Crippen LogP contribution in [0.25, 0.3) is 22.2 Å². The zero-order chi connectivity index (χ0) is 32.0. The van der Waals surface area contributed by atoms with Crippen molar-refractivity contribution in [3.05, 3.63) is 100 Å². The standard InChI is InChI=1S/C26H22ClF2N7O.C2HF3O2/c27-23-22(15-6-8-18-20(12-15)35-36-24(18)30)33-25(34-23)21(10-14-4-2-1-3-5-14)32-26(37)31-13-16-11-17(28)7-9-19(16)29;3-2(4,5)1(6)7/h1-9,11-12,21H,10,13H2,(H,33,34)(H3,30,35,36)(H2,31,32,37);(H,6,7)/t21-;/m0./s1. The number of fused-ring (bicyclic) bond motifs is 1. The van der Waals surface area contributed by atoms with E-state index in [-0.39, 0.29) is 12.1 Å². The molecule has 1 atom stereocenters. The highest BCUT2D eigenvalue weighted by Crippen LogP contribution is 2.31. The maximum absolute atomic E-state index is 14.0. The molecule has 0 radical (unpaired) electrons. The van der Waals surface area contributed by atoms with Gasteiger partial charge >= 0.3 is 18.2 Å². The van der Waals surface area contributed by atoms with E-state index in [1.807, 2.05) is 48.5 Å². The summed E-state index contributed by atoms with van der Waals surface area (Å²) in [5.41, 5.74) is 8.81. The minimum absolute atomic E-state index is 0.0351. The molecular weight excluding hydrogens is 613 g/mol. The van der Waals surface area contributed by atoms with Gasteiger partial charge in [-0.2, -0.15) is 18.3 Å². The molecule has 0 aliphatic carbocycles. The average molecular weight is 636 g/mol. The zero-order valence-corrected chi connectivity index (χ0v) is 23.1. The molecule has 0 saturated heterocycles. The minimum Gasteiger partial charge on any atom is -0.475 e. The number of aromatic nitrogens is 4. The summed E-state index contributed by atoms with van der Waals surface area (Å²) in [5.74, 6) is -3.13. The van der Waals surface area contributed by atoms with Gasteiger partial charge in [-0.1, -0.05) is 48.0 Å². The van der Waals surface area contributed by atoms with Gasteiger partial charge in [0.1, 0.15) is 28.3 Å². The second-order valence-corrected chi connectivity index (χ2v) is 9.64. The van der Waals surface area contributed by atoms with Crippen LogP contribution in [0.4, 0.5) is 32.6 Å². The Hall–Kier alpha value is -5.18. The van der Waals surface area contributed by atoms with Crippen molar-refractivity contribution in [2.24, 2.45) is 0 Å². The number of nitrogens with two attached hydrogens (primary N) is 1. The first-order valence-corrected chi connectivity index (χ1v) is 13.0. The van der Waals surface area contributed by atoms with Gasteiger partial charge < -0.3 is 26.5 Å². The number of imidazole rings is 1. The number of nitrogens with one attached hydrogen (secondary N) is 4. The number of carbonyl (C=O) groups is 2. The van der Waals surface area contributed by atoms with Gasteiger partial charge in [0.05, 0.1) is 11.6 Å². The van der Waals surface area contributed by atoms with Crippen molar-refractivity contribution in [3.8, 4) is 11.3 Å². The van der Waals surface area contributed by atoms with Crippen molar-refractivity contribution in [2.75, 3.05) is 5.73 Å². The number of urea groups is 1. The predicted molar refractivity (Wildman–Crippen MR) is 151 cm³/mol. The number of amides is 2. The fourth-order valence-electron chi connectivity index (χ4n) is 4.04. The SMILES string of the molecule is Nc1n[nH]c2cc(-c3nc([C@H](Cc4ccccc4)NC(=O)NCc4cc(F)ccc4F)[nH]c3Cl)ccc12.O=C(O)C(F)(F)F. The molecule has 0 unspecified atom stereocenters. The lowest BCUT2D eigenvalue weighted by molar-refractivity contribution is -0.192. The van der Waals surface area contributed by atoms with Crippen LogP contribution in [0.5, 0.6) is 0 Å². The second-order valence-electron chi connectivity index (χ2n) is 9.26. The number of aromatic amines is 2. The van der Waals surface area contributed by atoms with E-state index in [1.165, 1.54) is 0 Å². The van der Waals surface area contributed by atoms with Crippen molar-refractivity contribution in [1.29, 1.82) is 0 Å². The number of halogens is 6. The Morgan fingerprint density at radius 3 is 2.43 bits per heavy atom. The molecule has 0 aliphatic heterocycles. The lowest BCUT2D eigenvalue weighted by Gasteiger charge is -2.18. The maximum atomic E-state index is 14.0. The first-order chi connectivity index (χ1) is 20.8. The van der Waals surface area contributed by atoms with Gasteiger partial charge in [0, 0.05) is 23.1 Å². The molecular formula is C28H23ClF5N7O3. The fraction of sp³-hybridized carbons (Fsp3) is 0.143. The number of hydrogen-bond acceptors (Lipinski definition) is 5. The summed E-state index contributed by atoms with van der Waals surface area (Å²) in [4.78, 5) is 29.4. The largest absolute Gasteiger partial charge is 0.490 e. The monoisotopic (exact) mass is 635 g/mol. The van der Waals surface area contributed by atoms with Gasteiger partial charge in [0.2, 0.25) is 0 Å². The molecule has 2 amide bonds. The van der Waals surface area contributed by atoms with Crippen LogP contribution in [0.1, 0.15) is 23.0 Å². The quantitative estimate of drug-likeness (QED) is 0.122. The van der Waals surface area contributed by atoms with Crippen molar-refractivity contribution < 1.29 is 36.6 Å². The average Bonchev–Trinajstić information content (AvgIpc) is 3.55. The highest BCUT2D eigenvalue weighted by Gasteiger charge is 2.38. The summed E-state index contributed by atoms with van der Waals surface area (Å²) in [6.45, 7) is -0.190. The first-order valence-electron chi connectivity index (χ1n) is 12.6. The van der Waals surface area contributed by atoms with Gasteiger partial charge in [0.15, 0.2) is 5.82 Å². The number of alkyl halides is 3. The molecule has 0 aliphatic rings. The topological polar surface area (TPSA) is 162 Å². The molecule has 230 valence electrons. The van der Waals surface area contributed by atoms with Gasteiger partial charge in [-0.15, -0.1) is 0 Å². The number of rotatable bonds is 7. The lowest BCUT2D eigenvalue weighted by Crippen LogP contribution is -2.39. The van der Waals surface area contributed by atoms with E-state index in [0.29, 0.717) is 28.9 Å². The summed E-state index contributed by atoms with van der Waals surface area (Å²) in [6, 6.07) is 16.9. The van der Waals surface area contributed by atoms with Crippen LogP contribution >= 0.6 is 11.6 Å². The third-order valence-electron chi connectivity index (χ3n) is 6.15. The fourth-order valence-corrected chi connectivity index (χ4v) is 4.29. The minimum atomic E-state index is -5.08. The van der Waals surface area contributed by atoms with E-state index in [1.54, 1.807) is 0 Å². The molecule has 2 aromatic heterocycles. The molecule has 44 heavy (non-hydrogen) atoms. The third-order valence-corrected chi connectivity index (χ3v) is 6.42. The van der Waals surface area contributed by atoms with Crippen molar-refractivity contribution in [1.82, 2.24) is 30.8 Å². The lowest BCUT2D eigenvalue weighted by atomic mass is 10.1. The van der Waals surface area contributed by atoms with Crippen LogP contribution < -0.4 is 16.4 Å². The number of nitrogens with zero attached hydrogens (tertiary/aromatic N) is 2. The molecule has 0 bridgehead atoms. The molecule has 0 saturated carbocycles. The predicted octanol–water partition coefficient (Wildman–Crippen LogP) is 5.88. The number of nitrogen functional groups attached to an aromatic ring is 1. The van der Waals surface area contributed by atoms with Crippen LogP contribution in [0.3, 0.4) is 0 Å². The number of carbonyl (C=O) groups excluding carboxylic acids is 1. The third kappa shape index (κ3) is 8.01. The Balaban J connectivity index is 0.000000566. The molecule has 10 nitrogen and oxygen atoms in total. The normalized spacial score (nSPS) is 11.9. The van der Waals surface area contributed by atoms with Crippen LogP contribution in [-0.2, 0) is 17.8 Å². The molecule has 3 aromatic carbocycles. The van der Waals surface area contributed by atoms with Gasteiger partial charge in [-0.3, -0.25) is 5.10 Å². The maximum Gasteiger partial charge on any atom is 0.490 e. The van der Waals surface area contributed by atoms with E-state index < -0.39 is 35.9 Å². The summed E-state index contributed by atoms with van der Waals surface area (Å²) in [6.07, 6.45) is -4.68. The number of anilines is 1. The van der Waals surface area contributed by atoms with Gasteiger partial charge in [0.25, 0.3) is 0 Å². The Labute approximate surface area is 250 Å². The molecule has 0 fully saturated rings. The number of H-pyrrole nitrogens is 2. The van der Waals surface area contributed by atoms with E-state index in [2.05, 4.69) is 30.8 Å². The highest BCUT2D eigenvalue weighted by molar-refractivity contribution is 6.32. The summed E-state index contributed by atoms with van der Waals surface area (Å²) >= 11 is 6.52. The van der Waals surface area contributed by atoms with E-state index >= 15 is 0 Å². The second kappa shape index (κ2) is 13.4. The molecule has 5 rings (SSSR count). The van der Waals surface area contributed by atoms with E-state index in [4.69, 9.17) is 27.2 Å². The smallest absolute Gasteiger partial charge is 0.475 e. The van der Waals surface area contributed by atoms with Crippen molar-refractivity contribution >= 4 is 40.3 Å². The van der Waals surface area contributed by atoms with Crippen LogP contribution in [-0.4, -0.2) is 43.4 Å². The first kappa shape index (κ1) is 31.7. The molecule has 2 heterocycles. The number of carboxylic acid groups (broad SMARTS) is 1. The zero-order valence-electron chi connectivity index (χ0n) is 22.3. The number of hydrogen-bond donors (Lipinski definition) is 6. The van der Waals surface area contributed by atoms with Crippen LogP contribution in [0.15, 0.2) is 66.7 Å². The molecule has 0 spiro atoms. The Morgan fingerprint density at radius 2 is 1.75 bits per heavy atom. The van der Waals surface area contributed by atoms with Crippen molar-refractivity contribution in [2.45, 2.75) is 25.2 Å². The highest BCUT2D eigenvalue weighted by atomic mass is 35.5. The van der Waals surface area contributed by atoms with E-state index in [0.717, 1.165) is 40.2 Å². The molecule has 16 heteroatoms. The van der Waals surface area contributed by atoms with Crippen molar-refractivity contribution in [3.63, 3.8) is 0 Å². The Bertz CT molecular complexity index is 1780. The molecule has 5 aromatic rings. The van der Waals surface area contributed by atoms with Gasteiger partial charge in [-0.05, 0) is 42.3 Å². The van der Waals surface area contributed by atoms with Gasteiger partial charge in [-0.25, -0.2) is 23.4 Å². The molecule has 7 N–H and O–H groups in total. The Kier molecular flexibility index (Phi) is 9.68. The number of carboxylic acids is 1. The van der Waals surface area contributed by atoms with Crippen LogP contribution in [0, 0.1) is 11.6 Å². The van der Waals surface area contributed by atoms with E-state index in [9.17, 15) is 26.7 Å². The Morgan fingerprint density at radius 1 is 1.05 bits per heavy atom. The summed E-state index contributed by atoms with van der Waals surface area (Å²) in [5, 5.41) is 20.5.